The zero-order chi connectivity index (χ0) is 17.0. The van der Waals surface area contributed by atoms with E-state index in [-0.39, 0.29) is 10.7 Å². The Bertz CT molecular complexity index is 761. The monoisotopic (exact) mass is 351 g/mol. The maximum Gasteiger partial charge on any atom is 0.358 e. The van der Waals surface area contributed by atoms with Gasteiger partial charge in [-0.15, -0.1) is 0 Å². The van der Waals surface area contributed by atoms with Crippen molar-refractivity contribution >= 4 is 35.4 Å². The number of carbonyl (C=O) groups excluding carboxylic acids is 1. The molecule has 2 aromatic rings. The molecule has 0 saturated heterocycles. The second-order valence-corrected chi connectivity index (χ2v) is 5.66. The van der Waals surface area contributed by atoms with Gasteiger partial charge in [-0.2, -0.15) is 5.10 Å². The largest absolute Gasteiger partial charge is 0.464 e. The second-order valence-electron chi connectivity index (χ2n) is 4.85. The van der Waals surface area contributed by atoms with Gasteiger partial charge in [0.1, 0.15) is 0 Å². The number of halogens is 2. The summed E-state index contributed by atoms with van der Waals surface area (Å²) in [5, 5.41) is 6.57. The zero-order valence-electron chi connectivity index (χ0n) is 12.9. The number of carbonyl (C=O) groups is 1. The minimum Gasteiger partial charge on any atom is -0.464 e. The number of hydrogen-bond acceptors (Lipinski definition) is 5. The van der Waals surface area contributed by atoms with E-state index in [2.05, 4.69) is 14.8 Å². The SMILES string of the molecule is COC(=O)c1nc(-c2ccc(C=NN(C)C)cc2Cl)ccc1Cl. The molecule has 0 atom stereocenters. The molecule has 0 amide bonds. The van der Waals surface area contributed by atoms with Crippen molar-refractivity contribution in [3.63, 3.8) is 0 Å². The van der Waals surface area contributed by atoms with Crippen LogP contribution in [0.2, 0.25) is 10.0 Å². The van der Waals surface area contributed by atoms with Crippen molar-refractivity contribution < 1.29 is 9.53 Å². The number of hydrazone groups is 1. The fourth-order valence-corrected chi connectivity index (χ4v) is 2.30. The van der Waals surface area contributed by atoms with Crippen molar-refractivity contribution in [3.8, 4) is 11.3 Å². The first-order valence-electron chi connectivity index (χ1n) is 6.68. The molecule has 7 heteroatoms. The molecular weight excluding hydrogens is 337 g/mol. The van der Waals surface area contributed by atoms with Gasteiger partial charge in [0.15, 0.2) is 5.69 Å². The third kappa shape index (κ3) is 4.21. The third-order valence-corrected chi connectivity index (χ3v) is 3.55. The molecule has 120 valence electrons. The normalized spacial score (nSPS) is 10.8. The van der Waals surface area contributed by atoms with Crippen LogP contribution >= 0.6 is 23.2 Å². The van der Waals surface area contributed by atoms with E-state index in [1.54, 1.807) is 29.4 Å². The number of pyridine rings is 1. The van der Waals surface area contributed by atoms with Crippen molar-refractivity contribution in [1.82, 2.24) is 9.99 Å². The maximum absolute atomic E-state index is 11.7. The molecule has 0 saturated carbocycles. The number of nitrogens with zero attached hydrogens (tertiary/aromatic N) is 3. The van der Waals surface area contributed by atoms with Gasteiger partial charge in [-0.3, -0.25) is 0 Å². The summed E-state index contributed by atoms with van der Waals surface area (Å²) in [7, 11) is 4.94. The first-order chi connectivity index (χ1) is 10.9. The van der Waals surface area contributed by atoms with Crippen LogP contribution in [0.3, 0.4) is 0 Å². The van der Waals surface area contributed by atoms with Crippen LogP contribution in [0.4, 0.5) is 0 Å². The number of aromatic nitrogens is 1. The van der Waals surface area contributed by atoms with Gasteiger partial charge in [-0.25, -0.2) is 9.78 Å². The summed E-state index contributed by atoms with van der Waals surface area (Å²) in [5.41, 5.74) is 2.14. The molecule has 0 aliphatic carbocycles. The quantitative estimate of drug-likeness (QED) is 0.478. The number of esters is 1. The van der Waals surface area contributed by atoms with E-state index < -0.39 is 5.97 Å². The summed E-state index contributed by atoms with van der Waals surface area (Å²) < 4.78 is 4.67. The lowest BCUT2D eigenvalue weighted by molar-refractivity contribution is 0.0594. The minimum atomic E-state index is -0.595. The lowest BCUT2D eigenvalue weighted by atomic mass is 10.1. The van der Waals surface area contributed by atoms with E-state index in [0.29, 0.717) is 16.3 Å². The maximum atomic E-state index is 11.7. The molecule has 0 N–H and O–H groups in total. The highest BCUT2D eigenvalue weighted by Crippen LogP contribution is 2.29. The molecule has 1 aromatic carbocycles. The van der Waals surface area contributed by atoms with Crippen molar-refractivity contribution in [2.24, 2.45) is 5.10 Å². The topological polar surface area (TPSA) is 54.8 Å². The van der Waals surface area contributed by atoms with Crippen LogP contribution in [0.1, 0.15) is 16.1 Å². The summed E-state index contributed by atoms with van der Waals surface area (Å²) in [6.45, 7) is 0. The molecule has 2 rings (SSSR count). The summed E-state index contributed by atoms with van der Waals surface area (Å²) in [5.74, 6) is -0.595. The Morgan fingerprint density at radius 3 is 2.57 bits per heavy atom. The number of hydrogen-bond donors (Lipinski definition) is 0. The van der Waals surface area contributed by atoms with E-state index in [9.17, 15) is 4.79 Å². The Morgan fingerprint density at radius 2 is 1.96 bits per heavy atom. The molecule has 1 heterocycles. The standard InChI is InChI=1S/C16H15Cl2N3O2/c1-21(2)19-9-10-4-5-11(13(18)8-10)14-7-6-12(17)15(20-14)16(22)23-3/h4-9H,1-3H3. The number of ether oxygens (including phenoxy) is 1. The Labute approximate surface area is 144 Å². The van der Waals surface area contributed by atoms with Gasteiger partial charge < -0.3 is 9.75 Å². The van der Waals surface area contributed by atoms with Crippen molar-refractivity contribution in [2.45, 2.75) is 0 Å². The van der Waals surface area contributed by atoms with Crippen LogP contribution in [-0.4, -0.2) is 43.4 Å². The predicted molar refractivity (Wildman–Crippen MR) is 92.3 cm³/mol. The number of benzene rings is 1. The van der Waals surface area contributed by atoms with E-state index in [1.807, 2.05) is 26.2 Å². The zero-order valence-corrected chi connectivity index (χ0v) is 14.4. The molecule has 0 unspecified atom stereocenters. The molecule has 0 fully saturated rings. The highest BCUT2D eigenvalue weighted by atomic mass is 35.5. The van der Waals surface area contributed by atoms with E-state index in [1.165, 1.54) is 7.11 Å². The minimum absolute atomic E-state index is 0.0565. The van der Waals surface area contributed by atoms with E-state index >= 15 is 0 Å². The number of methoxy groups -OCH3 is 1. The highest BCUT2D eigenvalue weighted by molar-refractivity contribution is 6.34. The van der Waals surface area contributed by atoms with E-state index in [0.717, 1.165) is 5.56 Å². The molecule has 5 nitrogen and oxygen atoms in total. The molecule has 1 aromatic heterocycles. The molecule has 0 spiro atoms. The van der Waals surface area contributed by atoms with Gasteiger partial charge in [0.2, 0.25) is 0 Å². The van der Waals surface area contributed by atoms with Gasteiger partial charge >= 0.3 is 5.97 Å². The average molecular weight is 352 g/mol. The molecular formula is C16H15Cl2N3O2. The van der Waals surface area contributed by atoms with Crippen LogP contribution in [0.25, 0.3) is 11.3 Å². The van der Waals surface area contributed by atoms with Crippen LogP contribution in [0.5, 0.6) is 0 Å². The fraction of sp³-hybridized carbons (Fsp3) is 0.188. The first kappa shape index (κ1) is 17.2. The molecule has 23 heavy (non-hydrogen) atoms. The first-order valence-corrected chi connectivity index (χ1v) is 7.44. The van der Waals surface area contributed by atoms with Gasteiger partial charge in [-0.05, 0) is 23.8 Å². The van der Waals surface area contributed by atoms with Crippen molar-refractivity contribution in [3.05, 3.63) is 51.6 Å². The Balaban J connectivity index is 2.41. The summed E-state index contributed by atoms with van der Waals surface area (Å²) in [4.78, 5) is 15.9. The molecule has 0 aliphatic rings. The van der Waals surface area contributed by atoms with E-state index in [4.69, 9.17) is 23.2 Å². The van der Waals surface area contributed by atoms with Crippen LogP contribution in [0, 0.1) is 0 Å². The smallest absolute Gasteiger partial charge is 0.358 e. The van der Waals surface area contributed by atoms with Crippen LogP contribution in [-0.2, 0) is 4.74 Å². The summed E-state index contributed by atoms with van der Waals surface area (Å²) >= 11 is 12.3. The van der Waals surface area contributed by atoms with Gasteiger partial charge in [0.25, 0.3) is 0 Å². The lowest BCUT2D eigenvalue weighted by Crippen LogP contribution is -2.06. The van der Waals surface area contributed by atoms with Crippen molar-refractivity contribution in [2.75, 3.05) is 21.2 Å². The van der Waals surface area contributed by atoms with Gasteiger partial charge in [0, 0.05) is 19.7 Å². The average Bonchev–Trinajstić information content (AvgIpc) is 2.53. The Morgan fingerprint density at radius 1 is 1.22 bits per heavy atom. The van der Waals surface area contributed by atoms with Gasteiger partial charge in [0.05, 0.1) is 29.1 Å². The van der Waals surface area contributed by atoms with Crippen molar-refractivity contribution in [1.29, 1.82) is 0 Å². The van der Waals surface area contributed by atoms with Crippen LogP contribution < -0.4 is 0 Å². The predicted octanol–water partition coefficient (Wildman–Crippen LogP) is 3.74. The second kappa shape index (κ2) is 7.44. The van der Waals surface area contributed by atoms with Crippen LogP contribution in [0.15, 0.2) is 35.4 Å². The molecule has 0 radical (unpaired) electrons. The lowest BCUT2D eigenvalue weighted by Gasteiger charge is -2.08. The fourth-order valence-electron chi connectivity index (χ4n) is 1.83. The summed E-state index contributed by atoms with van der Waals surface area (Å²) in [6, 6.07) is 8.74. The Hall–Kier alpha value is -2.11. The Kier molecular flexibility index (Phi) is 5.58. The highest BCUT2D eigenvalue weighted by Gasteiger charge is 2.15. The molecule has 0 bridgehead atoms. The number of rotatable bonds is 4. The molecule has 0 aliphatic heterocycles. The summed E-state index contributed by atoms with van der Waals surface area (Å²) in [6.07, 6.45) is 1.70. The van der Waals surface area contributed by atoms with Gasteiger partial charge in [-0.1, -0.05) is 35.3 Å². The third-order valence-electron chi connectivity index (χ3n) is 2.93.